The maximum absolute atomic E-state index is 12.6. The molecule has 1 aliphatic rings. The summed E-state index contributed by atoms with van der Waals surface area (Å²) in [5.74, 6) is 0.647. The van der Waals surface area contributed by atoms with E-state index in [-0.39, 0.29) is 12.1 Å². The number of aromatic nitrogens is 2. The predicted octanol–water partition coefficient (Wildman–Crippen LogP) is 4.69. The number of carbonyl (C=O) groups is 1. The van der Waals surface area contributed by atoms with Gasteiger partial charge in [0, 0.05) is 11.7 Å². The van der Waals surface area contributed by atoms with Crippen molar-refractivity contribution in [3.05, 3.63) is 42.0 Å². The molecule has 3 rings (SSSR count). The van der Waals surface area contributed by atoms with Gasteiger partial charge in [-0.1, -0.05) is 19.3 Å². The molecule has 2 amide bonds. The molecule has 1 fully saturated rings. The number of amides is 2. The van der Waals surface area contributed by atoms with Crippen molar-refractivity contribution in [3.8, 4) is 0 Å². The smallest absolute Gasteiger partial charge is 0.339 e. The molecule has 3 N–H and O–H groups in total. The van der Waals surface area contributed by atoms with Crippen molar-refractivity contribution >= 4 is 23.4 Å². The molecule has 6 nitrogen and oxygen atoms in total. The molecule has 27 heavy (non-hydrogen) atoms. The molecule has 1 aromatic heterocycles. The Kier molecular flexibility index (Phi) is 5.78. The quantitative estimate of drug-likeness (QED) is 0.720. The van der Waals surface area contributed by atoms with Gasteiger partial charge in [0.25, 0.3) is 0 Å². The van der Waals surface area contributed by atoms with Crippen LogP contribution < -0.4 is 16.0 Å². The van der Waals surface area contributed by atoms with Crippen LogP contribution in [0, 0.1) is 0 Å². The van der Waals surface area contributed by atoms with Crippen molar-refractivity contribution < 1.29 is 18.0 Å². The Balaban J connectivity index is 1.53. The first-order valence-corrected chi connectivity index (χ1v) is 8.76. The second-order valence-corrected chi connectivity index (χ2v) is 6.44. The fourth-order valence-electron chi connectivity index (χ4n) is 2.94. The summed E-state index contributed by atoms with van der Waals surface area (Å²) in [6.45, 7) is 0. The van der Waals surface area contributed by atoms with E-state index in [0.717, 1.165) is 37.8 Å². The van der Waals surface area contributed by atoms with E-state index in [9.17, 15) is 18.0 Å². The van der Waals surface area contributed by atoms with Crippen LogP contribution in [0.5, 0.6) is 0 Å². The molecule has 0 atom stereocenters. The highest BCUT2D eigenvalue weighted by Crippen LogP contribution is 2.30. The van der Waals surface area contributed by atoms with Gasteiger partial charge in [-0.3, -0.25) is 5.32 Å². The zero-order valence-corrected chi connectivity index (χ0v) is 14.5. The van der Waals surface area contributed by atoms with E-state index in [2.05, 4.69) is 26.1 Å². The Labute approximate surface area is 154 Å². The van der Waals surface area contributed by atoms with Crippen LogP contribution in [-0.4, -0.2) is 22.3 Å². The number of nitrogens with zero attached hydrogens (tertiary/aromatic N) is 2. The molecule has 9 heteroatoms. The molecular formula is C18H20F3N5O. The zero-order chi connectivity index (χ0) is 19.3. The van der Waals surface area contributed by atoms with E-state index < -0.39 is 11.7 Å². The lowest BCUT2D eigenvalue weighted by molar-refractivity contribution is -0.137. The number of hydrogen-bond donors (Lipinski definition) is 3. The molecule has 0 aliphatic heterocycles. The van der Waals surface area contributed by atoms with Gasteiger partial charge in [0.05, 0.1) is 5.56 Å². The third-order valence-corrected chi connectivity index (χ3v) is 4.33. The van der Waals surface area contributed by atoms with Crippen LogP contribution >= 0.6 is 0 Å². The summed E-state index contributed by atoms with van der Waals surface area (Å²) >= 11 is 0. The number of anilines is 3. The van der Waals surface area contributed by atoms with E-state index in [0.29, 0.717) is 17.3 Å². The first-order chi connectivity index (χ1) is 12.9. The Morgan fingerprint density at radius 1 is 0.926 bits per heavy atom. The number of hydrogen-bond acceptors (Lipinski definition) is 4. The van der Waals surface area contributed by atoms with Crippen molar-refractivity contribution in [2.45, 2.75) is 44.3 Å². The van der Waals surface area contributed by atoms with E-state index in [1.807, 2.05) is 0 Å². The lowest BCUT2D eigenvalue weighted by Crippen LogP contribution is -2.39. The minimum atomic E-state index is -4.37. The molecule has 0 bridgehead atoms. The van der Waals surface area contributed by atoms with E-state index in [1.165, 1.54) is 18.6 Å². The Bertz CT molecular complexity index is 756. The number of rotatable bonds is 4. The van der Waals surface area contributed by atoms with Gasteiger partial charge in [-0.2, -0.15) is 13.2 Å². The summed E-state index contributed by atoms with van der Waals surface area (Å²) in [4.78, 5) is 12.0. The van der Waals surface area contributed by atoms with Crippen LogP contribution in [0.2, 0.25) is 0 Å². The minimum absolute atomic E-state index is 0.187. The zero-order valence-electron chi connectivity index (χ0n) is 14.5. The minimum Gasteiger partial charge on any atom is -0.339 e. The van der Waals surface area contributed by atoms with Gasteiger partial charge in [-0.25, -0.2) is 4.79 Å². The Hall–Kier alpha value is -2.84. The first kappa shape index (κ1) is 18.9. The van der Waals surface area contributed by atoms with E-state index in [4.69, 9.17) is 0 Å². The SMILES string of the molecule is O=C(Nc1ccc(Nc2ccc(C(F)(F)F)cc2)nn1)NC1CCCCC1. The van der Waals surface area contributed by atoms with Crippen LogP contribution in [0.3, 0.4) is 0 Å². The molecule has 1 saturated carbocycles. The van der Waals surface area contributed by atoms with Gasteiger partial charge in [-0.15, -0.1) is 10.2 Å². The predicted molar refractivity (Wildman–Crippen MR) is 95.8 cm³/mol. The van der Waals surface area contributed by atoms with Crippen molar-refractivity contribution in [3.63, 3.8) is 0 Å². The summed E-state index contributed by atoms with van der Waals surface area (Å²) in [6, 6.07) is 7.62. The Morgan fingerprint density at radius 3 is 2.15 bits per heavy atom. The van der Waals surface area contributed by atoms with Gasteiger partial charge in [0.2, 0.25) is 0 Å². The molecule has 1 heterocycles. The Morgan fingerprint density at radius 2 is 1.56 bits per heavy atom. The van der Waals surface area contributed by atoms with Gasteiger partial charge >= 0.3 is 12.2 Å². The molecule has 0 radical (unpaired) electrons. The molecule has 0 spiro atoms. The maximum atomic E-state index is 12.6. The summed E-state index contributed by atoms with van der Waals surface area (Å²) in [7, 11) is 0. The lowest BCUT2D eigenvalue weighted by atomic mass is 9.96. The standard InChI is InChI=1S/C18H20F3N5O/c19-18(20,21)12-6-8-14(9-7-12)22-15-10-11-16(26-25-15)24-17(27)23-13-4-2-1-3-5-13/h6-11,13H,1-5H2,(H,22,25)(H2,23,24,26,27). The summed E-state index contributed by atoms with van der Waals surface area (Å²) in [6.07, 6.45) is 1.04. The number of carbonyl (C=O) groups excluding carboxylic acids is 1. The average molecular weight is 379 g/mol. The number of benzene rings is 1. The molecule has 1 aliphatic carbocycles. The van der Waals surface area contributed by atoms with Crippen LogP contribution in [-0.2, 0) is 6.18 Å². The molecular weight excluding hydrogens is 359 g/mol. The van der Waals surface area contributed by atoms with Crippen LogP contribution in [0.4, 0.5) is 35.3 Å². The fourth-order valence-corrected chi connectivity index (χ4v) is 2.94. The van der Waals surface area contributed by atoms with Crippen LogP contribution in [0.15, 0.2) is 36.4 Å². The van der Waals surface area contributed by atoms with Gasteiger partial charge in [0.15, 0.2) is 11.6 Å². The normalized spacial score (nSPS) is 15.2. The summed E-state index contributed by atoms with van der Waals surface area (Å²) in [5.41, 5.74) is -0.268. The van der Waals surface area contributed by atoms with Crippen molar-refractivity contribution in [2.24, 2.45) is 0 Å². The largest absolute Gasteiger partial charge is 0.416 e. The lowest BCUT2D eigenvalue weighted by Gasteiger charge is -2.22. The molecule has 0 saturated heterocycles. The second kappa shape index (κ2) is 8.24. The van der Waals surface area contributed by atoms with Crippen LogP contribution in [0.1, 0.15) is 37.7 Å². The summed E-state index contributed by atoms with van der Waals surface area (Å²) < 4.78 is 37.7. The number of halogens is 3. The number of nitrogens with one attached hydrogen (secondary N) is 3. The van der Waals surface area contributed by atoms with Gasteiger partial charge in [0.1, 0.15) is 0 Å². The average Bonchev–Trinajstić information content (AvgIpc) is 2.64. The van der Waals surface area contributed by atoms with E-state index >= 15 is 0 Å². The maximum Gasteiger partial charge on any atom is 0.416 e. The highest BCUT2D eigenvalue weighted by atomic mass is 19.4. The van der Waals surface area contributed by atoms with Gasteiger partial charge < -0.3 is 10.6 Å². The molecule has 144 valence electrons. The van der Waals surface area contributed by atoms with Crippen molar-refractivity contribution in [2.75, 3.05) is 10.6 Å². The monoisotopic (exact) mass is 379 g/mol. The van der Waals surface area contributed by atoms with Crippen LogP contribution in [0.25, 0.3) is 0 Å². The van der Waals surface area contributed by atoms with E-state index in [1.54, 1.807) is 12.1 Å². The fraction of sp³-hybridized carbons (Fsp3) is 0.389. The first-order valence-electron chi connectivity index (χ1n) is 8.76. The molecule has 0 unspecified atom stereocenters. The summed E-state index contributed by atoms with van der Waals surface area (Å²) in [5, 5.41) is 16.2. The van der Waals surface area contributed by atoms with Crippen molar-refractivity contribution in [1.29, 1.82) is 0 Å². The van der Waals surface area contributed by atoms with Crippen molar-refractivity contribution in [1.82, 2.24) is 15.5 Å². The third-order valence-electron chi connectivity index (χ3n) is 4.33. The topological polar surface area (TPSA) is 78.9 Å². The number of urea groups is 1. The highest BCUT2D eigenvalue weighted by molar-refractivity contribution is 5.88. The second-order valence-electron chi connectivity index (χ2n) is 6.44. The molecule has 2 aromatic rings. The highest BCUT2D eigenvalue weighted by Gasteiger charge is 2.29. The van der Waals surface area contributed by atoms with Gasteiger partial charge in [-0.05, 0) is 49.2 Å². The number of alkyl halides is 3. The molecule has 1 aromatic carbocycles. The third kappa shape index (κ3) is 5.57.